The summed E-state index contributed by atoms with van der Waals surface area (Å²) in [5, 5.41) is 4.06. The maximum Gasteiger partial charge on any atom is 0.271 e. The highest BCUT2D eigenvalue weighted by atomic mass is 35.5. The molecule has 22 heavy (non-hydrogen) atoms. The summed E-state index contributed by atoms with van der Waals surface area (Å²) < 4.78 is 0. The van der Waals surface area contributed by atoms with E-state index in [0.29, 0.717) is 16.1 Å². The molecule has 1 aromatic rings. The van der Waals surface area contributed by atoms with Gasteiger partial charge in [-0.1, -0.05) is 44.1 Å². The van der Waals surface area contributed by atoms with Gasteiger partial charge in [0.1, 0.15) is 0 Å². The second kappa shape index (κ2) is 5.38. The Morgan fingerprint density at radius 1 is 1.45 bits per heavy atom. The number of hydrogen-bond donors (Lipinski definition) is 1. The minimum absolute atomic E-state index is 0.148. The van der Waals surface area contributed by atoms with Crippen molar-refractivity contribution in [2.45, 2.75) is 51.2 Å². The Balaban J connectivity index is 1.82. The molecule has 4 nitrogen and oxygen atoms in total. The molecule has 0 radical (unpaired) electrons. The fourth-order valence-electron chi connectivity index (χ4n) is 4.26. The first-order valence-electron chi connectivity index (χ1n) is 7.67. The van der Waals surface area contributed by atoms with E-state index in [2.05, 4.69) is 36.1 Å². The summed E-state index contributed by atoms with van der Waals surface area (Å²) in [7, 11) is 0. The Bertz CT molecular complexity index is 621. The number of hydrogen-bond acceptors (Lipinski definition) is 4. The van der Waals surface area contributed by atoms with E-state index in [9.17, 15) is 4.79 Å². The van der Waals surface area contributed by atoms with Gasteiger partial charge < -0.3 is 5.32 Å². The van der Waals surface area contributed by atoms with Crippen LogP contribution in [-0.4, -0.2) is 28.2 Å². The van der Waals surface area contributed by atoms with Crippen LogP contribution in [0.3, 0.4) is 0 Å². The molecule has 1 heterocycles. The highest BCUT2D eigenvalue weighted by Gasteiger charge is 2.61. The number of nitrogens with zero attached hydrogens (tertiary/aromatic N) is 2. The topological polar surface area (TPSA) is 54.9 Å². The molecule has 0 aliphatic heterocycles. The second-order valence-electron chi connectivity index (χ2n) is 7.19. The zero-order valence-electron chi connectivity index (χ0n) is 13.4. The van der Waals surface area contributed by atoms with Crippen molar-refractivity contribution >= 4 is 29.3 Å². The summed E-state index contributed by atoms with van der Waals surface area (Å²) >= 11 is 7.51. The van der Waals surface area contributed by atoms with E-state index in [4.69, 9.17) is 11.6 Å². The third-order valence-electron chi connectivity index (χ3n) is 6.22. The smallest absolute Gasteiger partial charge is 0.271 e. The van der Waals surface area contributed by atoms with Gasteiger partial charge in [0.2, 0.25) is 0 Å². The van der Waals surface area contributed by atoms with Crippen LogP contribution in [0, 0.1) is 16.7 Å². The fraction of sp³-hybridized carbons (Fsp3) is 0.688. The van der Waals surface area contributed by atoms with E-state index in [1.807, 2.05) is 6.26 Å². The SMILES string of the molecule is CSc1ncc(Cl)c(C(=O)N[C@@H]2C[C@H]3CC[C@]2(C)C3(C)C)n1. The summed E-state index contributed by atoms with van der Waals surface area (Å²) in [4.78, 5) is 21.0. The normalized spacial score (nSPS) is 32.2. The highest BCUT2D eigenvalue weighted by Crippen LogP contribution is 2.65. The molecule has 0 aromatic carbocycles. The molecule has 0 spiro atoms. The van der Waals surface area contributed by atoms with Crippen LogP contribution in [0.1, 0.15) is 50.5 Å². The predicted octanol–water partition coefficient (Wildman–Crippen LogP) is 3.80. The third-order valence-corrected chi connectivity index (χ3v) is 7.06. The van der Waals surface area contributed by atoms with E-state index < -0.39 is 0 Å². The van der Waals surface area contributed by atoms with Crippen LogP contribution >= 0.6 is 23.4 Å². The van der Waals surface area contributed by atoms with E-state index in [0.717, 1.165) is 6.42 Å². The van der Waals surface area contributed by atoms with E-state index in [-0.39, 0.29) is 28.5 Å². The lowest BCUT2D eigenvalue weighted by molar-refractivity contribution is 0.0821. The van der Waals surface area contributed by atoms with Crippen molar-refractivity contribution < 1.29 is 4.79 Å². The van der Waals surface area contributed by atoms with Crippen molar-refractivity contribution in [3.8, 4) is 0 Å². The first kappa shape index (κ1) is 16.1. The molecule has 6 heteroatoms. The molecule has 3 rings (SSSR count). The van der Waals surface area contributed by atoms with Crippen molar-refractivity contribution in [1.29, 1.82) is 0 Å². The Hall–Kier alpha value is -0.810. The van der Waals surface area contributed by atoms with Gasteiger partial charge in [0, 0.05) is 6.04 Å². The zero-order valence-corrected chi connectivity index (χ0v) is 15.0. The first-order valence-corrected chi connectivity index (χ1v) is 9.27. The van der Waals surface area contributed by atoms with Gasteiger partial charge in [-0.3, -0.25) is 4.79 Å². The molecule has 1 N–H and O–H groups in total. The average Bonchev–Trinajstić information content (AvgIpc) is 2.81. The molecule has 2 saturated carbocycles. The van der Waals surface area contributed by atoms with Crippen LogP contribution < -0.4 is 5.32 Å². The Morgan fingerprint density at radius 2 is 2.18 bits per heavy atom. The highest BCUT2D eigenvalue weighted by molar-refractivity contribution is 7.98. The predicted molar refractivity (Wildman–Crippen MR) is 89.3 cm³/mol. The number of thioether (sulfide) groups is 1. The maximum atomic E-state index is 12.6. The van der Waals surface area contributed by atoms with Crippen LogP contribution in [-0.2, 0) is 0 Å². The number of rotatable bonds is 3. The molecule has 1 aromatic heterocycles. The molecule has 1 amide bonds. The van der Waals surface area contributed by atoms with E-state index in [1.54, 1.807) is 0 Å². The average molecular weight is 340 g/mol. The van der Waals surface area contributed by atoms with Gasteiger partial charge in [-0.15, -0.1) is 0 Å². The lowest BCUT2D eigenvalue weighted by Gasteiger charge is -2.39. The minimum atomic E-state index is -0.183. The van der Waals surface area contributed by atoms with E-state index in [1.165, 1.54) is 30.8 Å². The lowest BCUT2D eigenvalue weighted by atomic mass is 9.69. The molecule has 0 unspecified atom stereocenters. The number of fused-ring (bicyclic) bond motifs is 2. The Morgan fingerprint density at radius 3 is 2.73 bits per heavy atom. The molecular weight excluding hydrogens is 318 g/mol. The Labute approximate surface area is 140 Å². The van der Waals surface area contributed by atoms with Gasteiger partial charge in [-0.25, -0.2) is 9.97 Å². The number of halogens is 1. The summed E-state index contributed by atoms with van der Waals surface area (Å²) in [6.07, 6.45) is 6.86. The number of carbonyl (C=O) groups excluding carboxylic acids is 1. The van der Waals surface area contributed by atoms with Crippen molar-refractivity contribution in [3.05, 3.63) is 16.9 Å². The van der Waals surface area contributed by atoms with Crippen LogP contribution in [0.25, 0.3) is 0 Å². The molecule has 3 atom stereocenters. The third kappa shape index (κ3) is 2.24. The molecule has 2 bridgehead atoms. The van der Waals surface area contributed by atoms with Gasteiger partial charge in [0.25, 0.3) is 5.91 Å². The van der Waals surface area contributed by atoms with Gasteiger partial charge in [0.15, 0.2) is 10.9 Å². The standard InChI is InChI=1S/C16H22ClN3OS/c1-15(2)9-5-6-16(15,3)11(7-9)19-13(21)12-10(17)8-18-14(20-12)22-4/h8-9,11H,5-7H2,1-4H3,(H,19,21)/t9-,11-,16+/m1/s1. The summed E-state index contributed by atoms with van der Waals surface area (Å²) in [6.45, 7) is 6.97. The largest absolute Gasteiger partial charge is 0.347 e. The van der Waals surface area contributed by atoms with Gasteiger partial charge in [-0.2, -0.15) is 0 Å². The maximum absolute atomic E-state index is 12.6. The first-order chi connectivity index (χ1) is 10.3. The monoisotopic (exact) mass is 339 g/mol. The number of nitrogens with one attached hydrogen (secondary N) is 1. The lowest BCUT2D eigenvalue weighted by Crippen LogP contribution is -2.47. The second-order valence-corrected chi connectivity index (χ2v) is 8.37. The van der Waals surface area contributed by atoms with Gasteiger partial charge in [0.05, 0.1) is 11.2 Å². The summed E-state index contributed by atoms with van der Waals surface area (Å²) in [6, 6.07) is 0.192. The summed E-state index contributed by atoms with van der Waals surface area (Å²) in [5.74, 6) is 0.503. The molecular formula is C16H22ClN3OS. The molecule has 0 saturated heterocycles. The molecule has 2 aliphatic rings. The van der Waals surface area contributed by atoms with Crippen molar-refractivity contribution in [1.82, 2.24) is 15.3 Å². The van der Waals surface area contributed by atoms with Crippen LogP contribution in [0.4, 0.5) is 0 Å². The van der Waals surface area contributed by atoms with Crippen LogP contribution in [0.2, 0.25) is 5.02 Å². The molecule has 2 fully saturated rings. The minimum Gasteiger partial charge on any atom is -0.347 e. The van der Waals surface area contributed by atoms with Crippen LogP contribution in [0.15, 0.2) is 11.4 Å². The van der Waals surface area contributed by atoms with Crippen molar-refractivity contribution in [2.24, 2.45) is 16.7 Å². The van der Waals surface area contributed by atoms with Gasteiger partial charge >= 0.3 is 0 Å². The van der Waals surface area contributed by atoms with Gasteiger partial charge in [-0.05, 0) is 42.3 Å². The zero-order chi connectivity index (χ0) is 16.1. The molecule has 120 valence electrons. The number of amides is 1. The summed E-state index contributed by atoms with van der Waals surface area (Å²) in [5.41, 5.74) is 0.699. The quantitative estimate of drug-likeness (QED) is 0.672. The Kier molecular flexibility index (Phi) is 3.92. The number of carbonyl (C=O) groups is 1. The van der Waals surface area contributed by atoms with E-state index >= 15 is 0 Å². The van der Waals surface area contributed by atoms with Crippen molar-refractivity contribution in [3.63, 3.8) is 0 Å². The fourth-order valence-corrected chi connectivity index (χ4v) is 4.77. The van der Waals surface area contributed by atoms with Crippen LogP contribution in [0.5, 0.6) is 0 Å². The molecule has 2 aliphatic carbocycles. The number of aromatic nitrogens is 2. The van der Waals surface area contributed by atoms with Crippen molar-refractivity contribution in [2.75, 3.05) is 6.26 Å².